The zero-order chi connectivity index (χ0) is 13.8. The van der Waals surface area contributed by atoms with Gasteiger partial charge in [-0.15, -0.1) is 11.3 Å². The summed E-state index contributed by atoms with van der Waals surface area (Å²) in [4.78, 5) is 15.2. The fourth-order valence-electron chi connectivity index (χ4n) is 1.43. The number of hydrogen-bond acceptors (Lipinski definition) is 4. The van der Waals surface area contributed by atoms with Crippen molar-refractivity contribution in [1.29, 1.82) is 0 Å². The van der Waals surface area contributed by atoms with Gasteiger partial charge in [0.25, 0.3) is 0 Å². The molecule has 0 aliphatic heterocycles. The lowest BCUT2D eigenvalue weighted by Gasteiger charge is -2.13. The van der Waals surface area contributed by atoms with Crippen molar-refractivity contribution in [1.82, 2.24) is 4.98 Å². The van der Waals surface area contributed by atoms with E-state index in [1.165, 1.54) is 0 Å². The quantitative estimate of drug-likeness (QED) is 0.748. The van der Waals surface area contributed by atoms with Crippen molar-refractivity contribution in [2.24, 2.45) is 0 Å². The van der Waals surface area contributed by atoms with Gasteiger partial charge in [0.05, 0.1) is 4.88 Å². The third-order valence-electron chi connectivity index (χ3n) is 2.20. The molecule has 0 spiro atoms. The van der Waals surface area contributed by atoms with Gasteiger partial charge in [0.1, 0.15) is 6.10 Å². The van der Waals surface area contributed by atoms with Crippen molar-refractivity contribution in [2.75, 3.05) is 6.61 Å². The SMILES string of the molecule is CCCC(OCC)C(=O)c1cnc(C(F)(F)F)s1. The second-order valence-electron chi connectivity index (χ2n) is 3.62. The van der Waals surface area contributed by atoms with E-state index in [1.54, 1.807) is 6.92 Å². The van der Waals surface area contributed by atoms with Crippen LogP contribution in [0.2, 0.25) is 0 Å². The van der Waals surface area contributed by atoms with E-state index >= 15 is 0 Å². The Balaban J connectivity index is 2.85. The van der Waals surface area contributed by atoms with E-state index in [2.05, 4.69) is 4.98 Å². The molecule has 0 N–H and O–H groups in total. The van der Waals surface area contributed by atoms with E-state index in [9.17, 15) is 18.0 Å². The number of carbonyl (C=O) groups excluding carboxylic acids is 1. The maximum absolute atomic E-state index is 12.4. The summed E-state index contributed by atoms with van der Waals surface area (Å²) in [5, 5.41) is -1.00. The number of nitrogens with zero attached hydrogens (tertiary/aromatic N) is 1. The van der Waals surface area contributed by atoms with Gasteiger partial charge in [0, 0.05) is 12.8 Å². The van der Waals surface area contributed by atoms with E-state index in [0.717, 1.165) is 12.6 Å². The molecule has 1 aromatic rings. The predicted molar refractivity (Wildman–Crippen MR) is 61.8 cm³/mol. The Morgan fingerprint density at radius 2 is 2.17 bits per heavy atom. The molecule has 0 aliphatic rings. The smallest absolute Gasteiger partial charge is 0.370 e. The van der Waals surface area contributed by atoms with Crippen LogP contribution in [0.4, 0.5) is 13.2 Å². The number of alkyl halides is 3. The van der Waals surface area contributed by atoms with Crippen LogP contribution < -0.4 is 0 Å². The van der Waals surface area contributed by atoms with Crippen LogP contribution >= 0.6 is 11.3 Å². The molecule has 0 radical (unpaired) electrons. The number of halogens is 3. The zero-order valence-corrected chi connectivity index (χ0v) is 10.9. The van der Waals surface area contributed by atoms with Crippen molar-refractivity contribution in [3.8, 4) is 0 Å². The van der Waals surface area contributed by atoms with E-state index in [1.807, 2.05) is 6.92 Å². The second kappa shape index (κ2) is 6.29. The number of hydrogen-bond donors (Lipinski definition) is 0. The molecule has 1 rings (SSSR count). The molecule has 0 amide bonds. The van der Waals surface area contributed by atoms with Gasteiger partial charge < -0.3 is 4.74 Å². The van der Waals surface area contributed by atoms with Gasteiger partial charge in [0.15, 0.2) is 5.01 Å². The minimum atomic E-state index is -4.50. The first kappa shape index (κ1) is 15.1. The molecule has 1 aromatic heterocycles. The number of Topliss-reactive ketones (excluding diaryl/α,β-unsaturated/α-hetero) is 1. The molecular formula is C11H14F3NO2S. The first-order chi connectivity index (χ1) is 8.40. The Morgan fingerprint density at radius 3 is 2.61 bits per heavy atom. The summed E-state index contributed by atoms with van der Waals surface area (Å²) < 4.78 is 42.3. The van der Waals surface area contributed by atoms with Gasteiger partial charge in [-0.05, 0) is 13.3 Å². The molecule has 1 atom stereocenters. The minimum absolute atomic E-state index is 0.00535. The molecule has 1 unspecified atom stereocenters. The van der Waals surface area contributed by atoms with Crippen LogP contribution in [-0.4, -0.2) is 23.5 Å². The summed E-state index contributed by atoms with van der Waals surface area (Å²) in [7, 11) is 0. The number of ether oxygens (including phenoxy) is 1. The number of rotatable bonds is 6. The molecule has 7 heteroatoms. The highest BCUT2D eigenvalue weighted by molar-refractivity contribution is 7.13. The average molecular weight is 281 g/mol. The Kier molecular flexibility index (Phi) is 5.28. The number of aromatic nitrogens is 1. The predicted octanol–water partition coefficient (Wildman–Crippen LogP) is 3.55. The lowest BCUT2D eigenvalue weighted by atomic mass is 10.1. The summed E-state index contributed by atoms with van der Waals surface area (Å²) in [6.07, 6.45) is -3.00. The first-order valence-electron chi connectivity index (χ1n) is 5.59. The van der Waals surface area contributed by atoms with E-state index in [-0.39, 0.29) is 4.88 Å². The average Bonchev–Trinajstić information content (AvgIpc) is 2.76. The van der Waals surface area contributed by atoms with Gasteiger partial charge in [0.2, 0.25) is 5.78 Å². The van der Waals surface area contributed by atoms with Crippen LogP contribution in [-0.2, 0) is 10.9 Å². The minimum Gasteiger partial charge on any atom is -0.370 e. The topological polar surface area (TPSA) is 39.2 Å². The zero-order valence-electron chi connectivity index (χ0n) is 10.1. The normalized spacial score (nSPS) is 13.6. The van der Waals surface area contributed by atoms with Crippen LogP contribution in [0.25, 0.3) is 0 Å². The van der Waals surface area contributed by atoms with Gasteiger partial charge in [-0.1, -0.05) is 13.3 Å². The molecule has 3 nitrogen and oxygen atoms in total. The molecule has 0 bridgehead atoms. The fourth-order valence-corrected chi connectivity index (χ4v) is 2.20. The molecule has 0 saturated heterocycles. The molecule has 102 valence electrons. The molecule has 0 aromatic carbocycles. The third kappa shape index (κ3) is 3.78. The van der Waals surface area contributed by atoms with Crippen molar-refractivity contribution in [3.63, 3.8) is 0 Å². The lowest BCUT2D eigenvalue weighted by molar-refractivity contribution is -0.137. The summed E-state index contributed by atoms with van der Waals surface area (Å²) >= 11 is 0.362. The second-order valence-corrected chi connectivity index (χ2v) is 4.65. The molecule has 0 aliphatic carbocycles. The third-order valence-corrected chi connectivity index (χ3v) is 3.26. The van der Waals surface area contributed by atoms with E-state index in [0.29, 0.717) is 24.4 Å². The molecular weight excluding hydrogens is 267 g/mol. The van der Waals surface area contributed by atoms with Crippen LogP contribution in [0, 0.1) is 0 Å². The van der Waals surface area contributed by atoms with Crippen molar-refractivity contribution < 1.29 is 22.7 Å². The van der Waals surface area contributed by atoms with Gasteiger partial charge in [-0.2, -0.15) is 13.2 Å². The monoisotopic (exact) mass is 281 g/mol. The van der Waals surface area contributed by atoms with Crippen LogP contribution in [0.3, 0.4) is 0 Å². The molecule has 0 saturated carbocycles. The molecule has 1 heterocycles. The van der Waals surface area contributed by atoms with Gasteiger partial charge in [-0.3, -0.25) is 4.79 Å². The van der Waals surface area contributed by atoms with E-state index < -0.39 is 23.1 Å². The summed E-state index contributed by atoms with van der Waals surface area (Å²) in [5.41, 5.74) is 0. The fraction of sp³-hybridized carbons (Fsp3) is 0.636. The Hall–Kier alpha value is -0.950. The highest BCUT2D eigenvalue weighted by Crippen LogP contribution is 2.33. The van der Waals surface area contributed by atoms with Gasteiger partial charge in [-0.25, -0.2) is 4.98 Å². The van der Waals surface area contributed by atoms with Crippen molar-refractivity contribution >= 4 is 17.1 Å². The summed E-state index contributed by atoms with van der Waals surface area (Å²) in [6.45, 7) is 3.97. The highest BCUT2D eigenvalue weighted by atomic mass is 32.1. The molecule has 18 heavy (non-hydrogen) atoms. The Labute approximate surface area is 107 Å². The Morgan fingerprint density at radius 1 is 1.50 bits per heavy atom. The van der Waals surface area contributed by atoms with Crippen molar-refractivity contribution in [2.45, 2.75) is 39.0 Å². The van der Waals surface area contributed by atoms with Crippen LogP contribution in [0.1, 0.15) is 41.4 Å². The number of carbonyl (C=O) groups is 1. The number of thiazole rings is 1. The Bertz CT molecular complexity index is 397. The van der Waals surface area contributed by atoms with Crippen molar-refractivity contribution in [3.05, 3.63) is 16.1 Å². The summed E-state index contributed by atoms with van der Waals surface area (Å²) in [5.74, 6) is -0.424. The highest BCUT2D eigenvalue weighted by Gasteiger charge is 2.35. The van der Waals surface area contributed by atoms with Crippen LogP contribution in [0.15, 0.2) is 6.20 Å². The standard InChI is InChI=1S/C11H14F3NO2S/c1-3-5-7(17-4-2)9(16)8-6-15-10(18-8)11(12,13)14/h6-7H,3-5H2,1-2H3. The lowest BCUT2D eigenvalue weighted by Crippen LogP contribution is -2.23. The summed E-state index contributed by atoms with van der Waals surface area (Å²) in [6, 6.07) is 0. The largest absolute Gasteiger partial charge is 0.443 e. The first-order valence-corrected chi connectivity index (χ1v) is 6.40. The molecule has 0 fully saturated rings. The number of ketones is 1. The van der Waals surface area contributed by atoms with Crippen LogP contribution in [0.5, 0.6) is 0 Å². The maximum atomic E-state index is 12.4. The van der Waals surface area contributed by atoms with Gasteiger partial charge >= 0.3 is 6.18 Å². The van der Waals surface area contributed by atoms with E-state index in [4.69, 9.17) is 4.74 Å². The maximum Gasteiger partial charge on any atom is 0.443 e.